The molecule has 1 aliphatic rings. The Hall–Kier alpha value is -1.43. The van der Waals surface area contributed by atoms with E-state index in [0.717, 1.165) is 21.2 Å². The number of alkyl halides is 1. The highest BCUT2D eigenvalue weighted by atomic mass is 127. The van der Waals surface area contributed by atoms with Crippen LogP contribution in [-0.4, -0.2) is 15.3 Å². The van der Waals surface area contributed by atoms with Crippen LogP contribution in [0.4, 0.5) is 5.69 Å². The molecule has 1 atom stereocenters. The van der Waals surface area contributed by atoms with Crippen LogP contribution in [0.15, 0.2) is 53.8 Å². The summed E-state index contributed by atoms with van der Waals surface area (Å²) in [5.41, 5.74) is 2.61. The summed E-state index contributed by atoms with van der Waals surface area (Å²) in [7, 11) is 0. The van der Waals surface area contributed by atoms with Crippen molar-refractivity contribution in [2.75, 3.05) is 4.43 Å². The van der Waals surface area contributed by atoms with E-state index in [1.807, 2.05) is 42.6 Å². The minimum Gasteiger partial charge on any atom is -0.465 e. The van der Waals surface area contributed by atoms with Gasteiger partial charge in [-0.15, -0.1) is 0 Å². The molecule has 0 unspecified atom stereocenters. The van der Waals surface area contributed by atoms with Crippen LogP contribution >= 0.6 is 22.6 Å². The number of hydrogen-bond donors (Lipinski definition) is 0. The van der Waals surface area contributed by atoms with E-state index in [2.05, 4.69) is 39.5 Å². The van der Waals surface area contributed by atoms with Crippen LogP contribution in [0, 0.1) is 0 Å². The summed E-state index contributed by atoms with van der Waals surface area (Å²) in [5, 5.41) is 0. The Kier molecular flexibility index (Phi) is 3.26. The number of aromatic nitrogens is 1. The van der Waals surface area contributed by atoms with Crippen LogP contribution in [0.5, 0.6) is 0 Å². The van der Waals surface area contributed by atoms with Gasteiger partial charge in [0.25, 0.3) is 0 Å². The lowest BCUT2D eigenvalue weighted by Gasteiger charge is -2.33. The number of nitrogens with zero attached hydrogens (tertiary/aromatic N) is 2. The molecule has 2 aromatic rings. The molecule has 3 rings (SSSR count). The lowest BCUT2D eigenvalue weighted by Crippen LogP contribution is -2.34. The molecule has 1 aliphatic heterocycles. The average molecular weight is 364 g/mol. The first-order valence-corrected chi connectivity index (χ1v) is 7.59. The monoisotopic (exact) mass is 364 g/mol. The third-order valence-corrected chi connectivity index (χ3v) is 4.64. The Morgan fingerprint density at radius 3 is 2.74 bits per heavy atom. The van der Waals surface area contributed by atoms with Crippen LogP contribution in [-0.2, 0) is 10.3 Å². The lowest BCUT2D eigenvalue weighted by molar-refractivity contribution is 0.0994. The van der Waals surface area contributed by atoms with Crippen molar-refractivity contribution < 1.29 is 4.74 Å². The maximum Gasteiger partial charge on any atom is 0.222 e. The molecule has 0 amide bonds. The van der Waals surface area contributed by atoms with E-state index >= 15 is 0 Å². The number of benzene rings is 1. The normalized spacial score (nSPS) is 21.3. The zero-order valence-electron chi connectivity index (χ0n) is 10.5. The molecule has 0 radical (unpaired) electrons. The molecule has 19 heavy (non-hydrogen) atoms. The van der Waals surface area contributed by atoms with Gasteiger partial charge in [-0.1, -0.05) is 40.8 Å². The Bertz CT molecular complexity index is 627. The zero-order valence-corrected chi connectivity index (χ0v) is 12.7. The first-order chi connectivity index (χ1) is 9.23. The predicted molar refractivity (Wildman–Crippen MR) is 84.2 cm³/mol. The van der Waals surface area contributed by atoms with E-state index in [9.17, 15) is 0 Å². The van der Waals surface area contributed by atoms with Crippen LogP contribution in [0.2, 0.25) is 0 Å². The fourth-order valence-electron chi connectivity index (χ4n) is 2.10. The molecule has 0 saturated heterocycles. The molecule has 0 saturated carbocycles. The van der Waals surface area contributed by atoms with Crippen molar-refractivity contribution in [1.29, 1.82) is 0 Å². The molecule has 96 valence electrons. The number of fused-ring (bicyclic) bond motifs is 1. The number of rotatable bonds is 2. The fourth-order valence-corrected chi connectivity index (χ4v) is 2.66. The van der Waals surface area contributed by atoms with Gasteiger partial charge in [-0.2, -0.15) is 0 Å². The second-order valence-electron chi connectivity index (χ2n) is 4.64. The summed E-state index contributed by atoms with van der Waals surface area (Å²) in [6.45, 7) is 2.08. The van der Waals surface area contributed by atoms with E-state index in [1.165, 1.54) is 0 Å². The minimum atomic E-state index is -0.378. The number of hydrogen-bond acceptors (Lipinski definition) is 3. The highest BCUT2D eigenvalue weighted by Gasteiger charge is 2.35. The van der Waals surface area contributed by atoms with E-state index < -0.39 is 0 Å². The van der Waals surface area contributed by atoms with Crippen molar-refractivity contribution in [1.82, 2.24) is 4.98 Å². The SMILES string of the molecule is C[C@@]1(CI)OC(c2ccccc2)=Nc2ccncc21. The summed E-state index contributed by atoms with van der Waals surface area (Å²) in [6.07, 6.45) is 3.61. The standard InChI is InChI=1S/C15H13IN2O/c1-15(10-16)12-9-17-8-7-13(12)18-14(19-15)11-5-3-2-4-6-11/h2-9H,10H2,1H3/t15-/m0/s1. The number of halogens is 1. The van der Waals surface area contributed by atoms with Crippen molar-refractivity contribution in [2.45, 2.75) is 12.5 Å². The third-order valence-electron chi connectivity index (χ3n) is 3.19. The van der Waals surface area contributed by atoms with Crippen molar-refractivity contribution in [3.63, 3.8) is 0 Å². The van der Waals surface area contributed by atoms with E-state index in [4.69, 9.17) is 4.74 Å². The lowest BCUT2D eigenvalue weighted by atomic mass is 9.96. The van der Waals surface area contributed by atoms with Gasteiger partial charge in [0.2, 0.25) is 5.90 Å². The molecular formula is C15H13IN2O. The number of ether oxygens (including phenoxy) is 1. The molecule has 1 aromatic heterocycles. The largest absolute Gasteiger partial charge is 0.465 e. The Morgan fingerprint density at radius 2 is 2.00 bits per heavy atom. The Morgan fingerprint density at radius 1 is 1.21 bits per heavy atom. The quantitative estimate of drug-likeness (QED) is 0.600. The molecule has 2 heterocycles. The maximum absolute atomic E-state index is 6.14. The molecule has 4 heteroatoms. The topological polar surface area (TPSA) is 34.5 Å². The van der Waals surface area contributed by atoms with Crippen molar-refractivity contribution in [3.8, 4) is 0 Å². The van der Waals surface area contributed by atoms with Gasteiger partial charge in [0.05, 0.1) is 5.69 Å². The average Bonchev–Trinajstić information content (AvgIpc) is 2.48. The molecule has 0 fully saturated rings. The third kappa shape index (κ3) is 2.25. The molecule has 0 aliphatic carbocycles. The second-order valence-corrected chi connectivity index (χ2v) is 5.41. The first-order valence-electron chi connectivity index (χ1n) is 6.06. The van der Waals surface area contributed by atoms with Crippen LogP contribution < -0.4 is 0 Å². The highest BCUT2D eigenvalue weighted by molar-refractivity contribution is 14.1. The molecule has 0 bridgehead atoms. The molecule has 3 nitrogen and oxygen atoms in total. The van der Waals surface area contributed by atoms with E-state index in [-0.39, 0.29) is 5.60 Å². The zero-order chi connectivity index (χ0) is 13.3. The van der Waals surface area contributed by atoms with Gasteiger partial charge >= 0.3 is 0 Å². The highest BCUT2D eigenvalue weighted by Crippen LogP contribution is 2.39. The molecular weight excluding hydrogens is 351 g/mol. The summed E-state index contributed by atoms with van der Waals surface area (Å²) >= 11 is 2.34. The van der Waals surface area contributed by atoms with Gasteiger partial charge in [-0.05, 0) is 25.1 Å². The fraction of sp³-hybridized carbons (Fsp3) is 0.200. The summed E-state index contributed by atoms with van der Waals surface area (Å²) < 4.78 is 6.98. The number of pyridine rings is 1. The van der Waals surface area contributed by atoms with Crippen molar-refractivity contribution >= 4 is 34.2 Å². The second kappa shape index (κ2) is 4.92. The smallest absolute Gasteiger partial charge is 0.222 e. The summed E-state index contributed by atoms with van der Waals surface area (Å²) in [6, 6.07) is 11.9. The Balaban J connectivity index is 2.14. The van der Waals surface area contributed by atoms with Gasteiger partial charge in [-0.3, -0.25) is 4.98 Å². The first kappa shape index (κ1) is 12.6. The van der Waals surface area contributed by atoms with E-state index in [0.29, 0.717) is 5.90 Å². The van der Waals surface area contributed by atoms with Crippen LogP contribution in [0.25, 0.3) is 0 Å². The molecule has 1 aromatic carbocycles. The molecule has 0 N–H and O–H groups in total. The van der Waals surface area contributed by atoms with Crippen molar-refractivity contribution in [3.05, 3.63) is 59.9 Å². The van der Waals surface area contributed by atoms with Gasteiger partial charge in [0, 0.05) is 27.9 Å². The van der Waals surface area contributed by atoms with Gasteiger partial charge in [0.1, 0.15) is 5.60 Å². The van der Waals surface area contributed by atoms with E-state index in [1.54, 1.807) is 6.20 Å². The summed E-state index contributed by atoms with van der Waals surface area (Å²) in [5.74, 6) is 0.679. The van der Waals surface area contributed by atoms with Crippen LogP contribution in [0.1, 0.15) is 18.1 Å². The van der Waals surface area contributed by atoms with Crippen LogP contribution in [0.3, 0.4) is 0 Å². The minimum absolute atomic E-state index is 0.378. The maximum atomic E-state index is 6.14. The van der Waals surface area contributed by atoms with Gasteiger partial charge < -0.3 is 4.74 Å². The molecule has 0 spiro atoms. The summed E-state index contributed by atoms with van der Waals surface area (Å²) in [4.78, 5) is 8.80. The van der Waals surface area contributed by atoms with Crippen molar-refractivity contribution in [2.24, 2.45) is 4.99 Å². The Labute approximate surface area is 125 Å². The van der Waals surface area contributed by atoms with Gasteiger partial charge in [-0.25, -0.2) is 4.99 Å². The number of aliphatic imine (C=N–C) groups is 1. The van der Waals surface area contributed by atoms with Gasteiger partial charge in [0.15, 0.2) is 0 Å². The predicted octanol–water partition coefficient (Wildman–Crippen LogP) is 3.84.